The van der Waals surface area contributed by atoms with Crippen LogP contribution in [0, 0.1) is 0 Å². The lowest BCUT2D eigenvalue weighted by Crippen LogP contribution is -2.52. The second-order valence-electron chi connectivity index (χ2n) is 7.11. The van der Waals surface area contributed by atoms with Gasteiger partial charge in [-0.05, 0) is 5.56 Å². The summed E-state index contributed by atoms with van der Waals surface area (Å²) < 4.78 is 5.82. The first-order valence-electron chi connectivity index (χ1n) is 9.55. The number of aromatic nitrogens is 1. The molecule has 2 aliphatic rings. The van der Waals surface area contributed by atoms with Gasteiger partial charge in [-0.1, -0.05) is 30.3 Å². The number of hydrogen-bond donors (Lipinski definition) is 0. The molecule has 6 nitrogen and oxygen atoms in total. The van der Waals surface area contributed by atoms with Crippen LogP contribution in [0.25, 0.3) is 0 Å². The number of carbonyl (C=O) groups is 1. The maximum Gasteiger partial charge on any atom is 0.236 e. The maximum absolute atomic E-state index is 12.7. The Morgan fingerprint density at radius 2 is 1.93 bits per heavy atom. The van der Waals surface area contributed by atoms with Crippen molar-refractivity contribution in [2.24, 2.45) is 0 Å². The van der Waals surface area contributed by atoms with E-state index >= 15 is 0 Å². The van der Waals surface area contributed by atoms with Gasteiger partial charge in [0.05, 0.1) is 13.2 Å². The molecule has 0 aliphatic carbocycles. The number of carbonyl (C=O) groups excluding carboxylic acids is 1. The van der Waals surface area contributed by atoms with E-state index in [1.54, 1.807) is 11.3 Å². The lowest BCUT2D eigenvalue weighted by atomic mass is 10.2. The molecule has 2 fully saturated rings. The van der Waals surface area contributed by atoms with Crippen molar-refractivity contribution in [1.82, 2.24) is 19.7 Å². The van der Waals surface area contributed by atoms with Crippen LogP contribution < -0.4 is 0 Å². The Morgan fingerprint density at radius 1 is 1.11 bits per heavy atom. The van der Waals surface area contributed by atoms with Crippen LogP contribution in [0.15, 0.2) is 41.9 Å². The van der Waals surface area contributed by atoms with Crippen molar-refractivity contribution in [3.63, 3.8) is 0 Å². The van der Waals surface area contributed by atoms with Crippen LogP contribution in [0.5, 0.6) is 0 Å². The predicted molar refractivity (Wildman–Crippen MR) is 106 cm³/mol. The summed E-state index contributed by atoms with van der Waals surface area (Å²) in [6, 6.07) is 10.5. The molecule has 3 heterocycles. The highest BCUT2D eigenvalue weighted by atomic mass is 32.1. The van der Waals surface area contributed by atoms with Crippen molar-refractivity contribution in [3.8, 4) is 0 Å². The molecule has 1 amide bonds. The summed E-state index contributed by atoms with van der Waals surface area (Å²) in [5, 5.41) is 2.97. The van der Waals surface area contributed by atoms with Gasteiger partial charge in [-0.15, -0.1) is 11.3 Å². The van der Waals surface area contributed by atoms with Crippen molar-refractivity contribution in [3.05, 3.63) is 52.5 Å². The smallest absolute Gasteiger partial charge is 0.236 e. The Balaban J connectivity index is 1.23. The average Bonchev–Trinajstić information content (AvgIpc) is 3.24. The molecule has 0 saturated carbocycles. The van der Waals surface area contributed by atoms with Gasteiger partial charge in [-0.25, -0.2) is 4.98 Å². The number of morpholine rings is 1. The molecule has 0 spiro atoms. The van der Waals surface area contributed by atoms with Crippen LogP contribution in [-0.4, -0.2) is 78.0 Å². The first-order valence-corrected chi connectivity index (χ1v) is 10.4. The third kappa shape index (κ3) is 4.93. The zero-order chi connectivity index (χ0) is 18.5. The number of benzene rings is 1. The predicted octanol–water partition coefficient (Wildman–Crippen LogP) is 1.86. The molecule has 27 heavy (non-hydrogen) atoms. The number of rotatable bonds is 5. The standard InChI is InChI=1S/C20H26N4O2S/c25-19(16-23-11-12-26-18(15-23)20-21-6-13-27-20)24-9-7-22(8-10-24)14-17-4-2-1-3-5-17/h1-6,13,18H,7-12,14-16H2. The van der Waals surface area contributed by atoms with Gasteiger partial charge < -0.3 is 9.64 Å². The minimum Gasteiger partial charge on any atom is -0.368 e. The van der Waals surface area contributed by atoms with Crippen molar-refractivity contribution in [2.75, 3.05) is 52.4 Å². The van der Waals surface area contributed by atoms with E-state index in [9.17, 15) is 4.79 Å². The number of hydrogen-bond acceptors (Lipinski definition) is 6. The molecule has 0 bridgehead atoms. The van der Waals surface area contributed by atoms with Crippen molar-refractivity contribution >= 4 is 17.2 Å². The summed E-state index contributed by atoms with van der Waals surface area (Å²) in [5.41, 5.74) is 1.33. The molecule has 1 aromatic heterocycles. The van der Waals surface area contributed by atoms with E-state index in [2.05, 4.69) is 39.0 Å². The molecule has 7 heteroatoms. The summed E-state index contributed by atoms with van der Waals surface area (Å²) in [6.45, 7) is 7.14. The summed E-state index contributed by atoms with van der Waals surface area (Å²) in [6.07, 6.45) is 1.80. The van der Waals surface area contributed by atoms with E-state index in [0.717, 1.165) is 50.8 Å². The molecular formula is C20H26N4O2S. The van der Waals surface area contributed by atoms with Gasteiger partial charge in [0.15, 0.2) is 0 Å². The summed E-state index contributed by atoms with van der Waals surface area (Å²) in [7, 11) is 0. The summed E-state index contributed by atoms with van der Waals surface area (Å²) in [5.74, 6) is 0.231. The fourth-order valence-electron chi connectivity index (χ4n) is 3.68. The van der Waals surface area contributed by atoms with E-state index in [-0.39, 0.29) is 12.0 Å². The topological polar surface area (TPSA) is 48.9 Å². The summed E-state index contributed by atoms with van der Waals surface area (Å²) in [4.78, 5) is 23.7. The quantitative estimate of drug-likeness (QED) is 0.785. The van der Waals surface area contributed by atoms with Crippen LogP contribution in [0.4, 0.5) is 0 Å². The van der Waals surface area contributed by atoms with Crippen molar-refractivity contribution in [1.29, 1.82) is 0 Å². The number of piperazine rings is 1. The van der Waals surface area contributed by atoms with Gasteiger partial charge in [0, 0.05) is 57.4 Å². The van der Waals surface area contributed by atoms with Gasteiger partial charge in [0.2, 0.25) is 5.91 Å². The molecule has 2 saturated heterocycles. The zero-order valence-electron chi connectivity index (χ0n) is 15.5. The number of amides is 1. The zero-order valence-corrected chi connectivity index (χ0v) is 16.3. The first-order chi connectivity index (χ1) is 13.3. The van der Waals surface area contributed by atoms with Crippen LogP contribution in [0.1, 0.15) is 16.7 Å². The second-order valence-corrected chi connectivity index (χ2v) is 8.03. The Morgan fingerprint density at radius 3 is 2.67 bits per heavy atom. The van der Waals surface area contributed by atoms with Crippen LogP contribution >= 0.6 is 11.3 Å². The molecular weight excluding hydrogens is 360 g/mol. The average molecular weight is 387 g/mol. The molecule has 2 aromatic rings. The SMILES string of the molecule is O=C(CN1CCOC(c2nccs2)C1)N1CCN(Cc2ccccc2)CC1. The normalized spacial score (nSPS) is 22.1. The molecule has 4 rings (SSSR count). The molecule has 1 unspecified atom stereocenters. The van der Waals surface area contributed by atoms with Gasteiger partial charge in [-0.3, -0.25) is 14.6 Å². The number of nitrogens with zero attached hydrogens (tertiary/aromatic N) is 4. The lowest BCUT2D eigenvalue weighted by molar-refractivity contribution is -0.136. The van der Waals surface area contributed by atoms with E-state index in [1.165, 1.54) is 5.56 Å². The van der Waals surface area contributed by atoms with Gasteiger partial charge >= 0.3 is 0 Å². The van der Waals surface area contributed by atoms with Crippen LogP contribution in [0.2, 0.25) is 0 Å². The van der Waals surface area contributed by atoms with E-state index in [4.69, 9.17) is 4.74 Å². The lowest BCUT2D eigenvalue weighted by Gasteiger charge is -2.37. The van der Waals surface area contributed by atoms with E-state index < -0.39 is 0 Å². The molecule has 0 radical (unpaired) electrons. The van der Waals surface area contributed by atoms with Crippen LogP contribution in [0.3, 0.4) is 0 Å². The highest BCUT2D eigenvalue weighted by Gasteiger charge is 2.27. The van der Waals surface area contributed by atoms with E-state index in [1.807, 2.05) is 22.5 Å². The van der Waals surface area contributed by atoms with Gasteiger partial charge in [-0.2, -0.15) is 0 Å². The highest BCUT2D eigenvalue weighted by Crippen LogP contribution is 2.23. The Labute approximate surface area is 164 Å². The molecule has 0 N–H and O–H groups in total. The first kappa shape index (κ1) is 18.6. The minimum atomic E-state index is -0.00531. The second kappa shape index (κ2) is 8.93. The molecule has 1 aromatic carbocycles. The Bertz CT molecular complexity index is 717. The van der Waals surface area contributed by atoms with Crippen LogP contribution in [-0.2, 0) is 16.1 Å². The number of thiazole rings is 1. The maximum atomic E-state index is 12.7. The number of ether oxygens (including phenoxy) is 1. The monoisotopic (exact) mass is 386 g/mol. The van der Waals surface area contributed by atoms with E-state index in [0.29, 0.717) is 13.2 Å². The fraction of sp³-hybridized carbons (Fsp3) is 0.500. The highest BCUT2D eigenvalue weighted by molar-refractivity contribution is 7.09. The molecule has 2 aliphatic heterocycles. The third-order valence-corrected chi connectivity index (χ3v) is 6.08. The van der Waals surface area contributed by atoms with Gasteiger partial charge in [0.25, 0.3) is 0 Å². The van der Waals surface area contributed by atoms with Crippen molar-refractivity contribution in [2.45, 2.75) is 12.6 Å². The molecule has 1 atom stereocenters. The third-order valence-electron chi connectivity index (χ3n) is 5.21. The Hall–Kier alpha value is -1.80. The minimum absolute atomic E-state index is 0.00531. The fourth-order valence-corrected chi connectivity index (χ4v) is 4.35. The summed E-state index contributed by atoms with van der Waals surface area (Å²) >= 11 is 1.62. The largest absolute Gasteiger partial charge is 0.368 e. The Kier molecular flexibility index (Phi) is 6.14. The van der Waals surface area contributed by atoms with Gasteiger partial charge in [0.1, 0.15) is 11.1 Å². The molecule has 144 valence electrons. The van der Waals surface area contributed by atoms with Crippen molar-refractivity contribution < 1.29 is 9.53 Å².